The van der Waals surface area contributed by atoms with Crippen LogP contribution in [0, 0.1) is 0 Å². The summed E-state index contributed by atoms with van der Waals surface area (Å²) in [5, 5.41) is 0. The lowest BCUT2D eigenvalue weighted by Crippen LogP contribution is -2.34. The third-order valence-electron chi connectivity index (χ3n) is 5.78. The number of hydrogen-bond acceptors (Lipinski definition) is 5. The van der Waals surface area contributed by atoms with Gasteiger partial charge in [0, 0.05) is 30.4 Å². The molecule has 2 aromatic heterocycles. The Labute approximate surface area is 180 Å². The minimum Gasteiger partial charge on any atom is -0.437 e. The molecule has 0 radical (unpaired) electrons. The fourth-order valence-corrected chi connectivity index (χ4v) is 4.15. The van der Waals surface area contributed by atoms with Crippen molar-refractivity contribution >= 4 is 11.0 Å². The number of halogens is 1. The number of benzene rings is 2. The van der Waals surface area contributed by atoms with E-state index in [1.165, 1.54) is 0 Å². The van der Waals surface area contributed by atoms with Crippen LogP contribution in [0.3, 0.4) is 0 Å². The number of H-pyrrole nitrogens is 1. The Morgan fingerprint density at radius 3 is 2.71 bits per heavy atom. The maximum Gasteiger partial charge on any atom is 0.241 e. The van der Waals surface area contributed by atoms with Gasteiger partial charge in [0.15, 0.2) is 0 Å². The smallest absolute Gasteiger partial charge is 0.241 e. The summed E-state index contributed by atoms with van der Waals surface area (Å²) in [6.45, 7) is 1.94. The Kier molecular flexibility index (Phi) is 5.58. The number of nitrogens with one attached hydrogen (secondary N) is 1. The number of imidazole rings is 1. The molecule has 0 atom stereocenters. The van der Waals surface area contributed by atoms with Gasteiger partial charge in [-0.3, -0.25) is 4.98 Å². The molecule has 4 aromatic rings. The van der Waals surface area contributed by atoms with E-state index in [9.17, 15) is 4.39 Å². The van der Waals surface area contributed by atoms with Crippen LogP contribution in [0.25, 0.3) is 22.4 Å². The van der Waals surface area contributed by atoms with Crippen LogP contribution in [-0.2, 0) is 0 Å². The number of fused-ring (bicyclic) bond motifs is 1. The number of rotatable bonds is 6. The van der Waals surface area contributed by atoms with Crippen molar-refractivity contribution in [2.24, 2.45) is 0 Å². The fraction of sp³-hybridized carbons (Fsp3) is 0.292. The normalized spacial score (nSPS) is 15.4. The van der Waals surface area contributed by atoms with E-state index in [-0.39, 0.29) is 12.6 Å². The summed E-state index contributed by atoms with van der Waals surface area (Å²) >= 11 is 0. The number of ether oxygens (including phenoxy) is 1. The van der Waals surface area contributed by atoms with Gasteiger partial charge in [-0.15, -0.1) is 0 Å². The van der Waals surface area contributed by atoms with Gasteiger partial charge >= 0.3 is 0 Å². The van der Waals surface area contributed by atoms with E-state index >= 15 is 0 Å². The molecule has 1 fully saturated rings. The average Bonchev–Trinajstić information content (AvgIpc) is 3.25. The summed E-state index contributed by atoms with van der Waals surface area (Å²) in [5.41, 5.74) is 3.74. The zero-order valence-corrected chi connectivity index (χ0v) is 17.2. The van der Waals surface area contributed by atoms with E-state index in [0.717, 1.165) is 54.0 Å². The van der Waals surface area contributed by atoms with E-state index in [2.05, 4.69) is 24.8 Å². The molecule has 1 saturated heterocycles. The van der Waals surface area contributed by atoms with Gasteiger partial charge in [0.05, 0.1) is 11.0 Å². The largest absolute Gasteiger partial charge is 0.437 e. The Morgan fingerprint density at radius 1 is 1.03 bits per heavy atom. The Morgan fingerprint density at radius 2 is 1.87 bits per heavy atom. The van der Waals surface area contributed by atoms with Crippen molar-refractivity contribution in [1.29, 1.82) is 0 Å². The Hall–Kier alpha value is -3.32. The zero-order chi connectivity index (χ0) is 21.0. The van der Waals surface area contributed by atoms with Gasteiger partial charge in [-0.1, -0.05) is 24.3 Å². The van der Waals surface area contributed by atoms with E-state index in [1.54, 1.807) is 12.4 Å². The van der Waals surface area contributed by atoms with Crippen LogP contribution in [0.1, 0.15) is 24.5 Å². The molecule has 0 bridgehead atoms. The van der Waals surface area contributed by atoms with Crippen molar-refractivity contribution in [2.75, 3.05) is 26.3 Å². The van der Waals surface area contributed by atoms with Crippen molar-refractivity contribution in [2.45, 2.75) is 18.8 Å². The summed E-state index contributed by atoms with van der Waals surface area (Å²) < 4.78 is 18.8. The minimum absolute atomic E-state index is 0.262. The van der Waals surface area contributed by atoms with E-state index in [0.29, 0.717) is 18.2 Å². The molecule has 3 heterocycles. The molecule has 31 heavy (non-hydrogen) atoms. The van der Waals surface area contributed by atoms with Gasteiger partial charge in [0.25, 0.3) is 0 Å². The van der Waals surface area contributed by atoms with Gasteiger partial charge in [-0.05, 0) is 50.2 Å². The summed E-state index contributed by atoms with van der Waals surface area (Å²) in [5.74, 6) is 2.28. The first-order valence-corrected chi connectivity index (χ1v) is 10.6. The number of aromatic nitrogens is 4. The molecule has 0 unspecified atom stereocenters. The lowest BCUT2D eigenvalue weighted by atomic mass is 9.93. The van der Waals surface area contributed by atoms with Crippen LogP contribution in [0.5, 0.6) is 11.6 Å². The molecule has 0 saturated carbocycles. The topological polar surface area (TPSA) is 66.9 Å². The van der Waals surface area contributed by atoms with Crippen LogP contribution < -0.4 is 4.74 Å². The lowest BCUT2D eigenvalue weighted by molar-refractivity contribution is 0.194. The monoisotopic (exact) mass is 417 g/mol. The standard InChI is InChI=1S/C24H24FN5O/c25-10-15-30-13-8-17(9-14-30)22-24(27-12-11-26-22)31-19-5-3-4-18(16-19)23-28-20-6-1-2-7-21(20)29-23/h1-7,11-12,16-17H,8-10,13-15H2,(H,28,29). The third-order valence-corrected chi connectivity index (χ3v) is 5.78. The van der Waals surface area contributed by atoms with Gasteiger partial charge in [0.1, 0.15) is 23.9 Å². The molecule has 1 N–H and O–H groups in total. The van der Waals surface area contributed by atoms with Gasteiger partial charge in [-0.25, -0.2) is 14.4 Å². The SMILES string of the molecule is FCCN1CCC(c2nccnc2Oc2cccc(-c3nc4ccccc4[nH]3)c2)CC1. The molecule has 7 heteroatoms. The number of likely N-dealkylation sites (tertiary alicyclic amines) is 1. The van der Waals surface area contributed by atoms with Gasteiger partial charge in [-0.2, -0.15) is 0 Å². The number of nitrogens with zero attached hydrogens (tertiary/aromatic N) is 4. The van der Waals surface area contributed by atoms with Crippen LogP contribution in [0.15, 0.2) is 60.9 Å². The highest BCUT2D eigenvalue weighted by atomic mass is 19.1. The summed E-state index contributed by atoms with van der Waals surface area (Å²) in [6, 6.07) is 15.8. The van der Waals surface area contributed by atoms with Crippen LogP contribution in [-0.4, -0.2) is 51.1 Å². The molecule has 6 nitrogen and oxygen atoms in total. The predicted molar refractivity (Wildman–Crippen MR) is 118 cm³/mol. The molecular weight excluding hydrogens is 393 g/mol. The lowest BCUT2D eigenvalue weighted by Gasteiger charge is -2.31. The maximum atomic E-state index is 12.6. The van der Waals surface area contributed by atoms with Crippen molar-refractivity contribution in [3.63, 3.8) is 0 Å². The highest BCUT2D eigenvalue weighted by Gasteiger charge is 2.25. The molecule has 1 aliphatic heterocycles. The van der Waals surface area contributed by atoms with Crippen molar-refractivity contribution in [3.05, 3.63) is 66.6 Å². The van der Waals surface area contributed by atoms with Gasteiger partial charge < -0.3 is 14.6 Å². The highest BCUT2D eigenvalue weighted by molar-refractivity contribution is 5.79. The molecule has 0 amide bonds. The van der Waals surface area contributed by atoms with Crippen LogP contribution in [0.2, 0.25) is 0 Å². The van der Waals surface area contributed by atoms with Crippen molar-refractivity contribution in [3.8, 4) is 23.0 Å². The second-order valence-electron chi connectivity index (χ2n) is 7.78. The number of alkyl halides is 1. The van der Waals surface area contributed by atoms with E-state index < -0.39 is 0 Å². The Bertz CT molecular complexity index is 1140. The summed E-state index contributed by atoms with van der Waals surface area (Å²) in [7, 11) is 0. The number of piperidine rings is 1. The predicted octanol–water partition coefficient (Wildman–Crippen LogP) is 4.96. The molecule has 0 spiro atoms. The average molecular weight is 417 g/mol. The second-order valence-corrected chi connectivity index (χ2v) is 7.78. The minimum atomic E-state index is -0.300. The first kappa shape index (κ1) is 19.6. The molecule has 2 aromatic carbocycles. The third kappa shape index (κ3) is 4.27. The van der Waals surface area contributed by atoms with Gasteiger partial charge in [0.2, 0.25) is 5.88 Å². The number of para-hydroxylation sites is 2. The first-order chi connectivity index (χ1) is 15.3. The number of aromatic amines is 1. The fourth-order valence-electron chi connectivity index (χ4n) is 4.15. The second kappa shape index (κ2) is 8.81. The first-order valence-electron chi connectivity index (χ1n) is 10.6. The van der Waals surface area contributed by atoms with Crippen molar-refractivity contribution in [1.82, 2.24) is 24.8 Å². The molecule has 1 aliphatic rings. The summed E-state index contributed by atoms with van der Waals surface area (Å²) in [6.07, 6.45) is 5.21. The Balaban J connectivity index is 1.37. The summed E-state index contributed by atoms with van der Waals surface area (Å²) in [4.78, 5) is 19.2. The molecular formula is C24H24FN5O. The van der Waals surface area contributed by atoms with E-state index in [1.807, 2.05) is 48.5 Å². The zero-order valence-electron chi connectivity index (χ0n) is 17.2. The van der Waals surface area contributed by atoms with Crippen molar-refractivity contribution < 1.29 is 9.13 Å². The molecule has 0 aliphatic carbocycles. The van der Waals surface area contributed by atoms with E-state index in [4.69, 9.17) is 4.74 Å². The highest BCUT2D eigenvalue weighted by Crippen LogP contribution is 2.34. The molecule has 5 rings (SSSR count). The molecule has 158 valence electrons. The maximum absolute atomic E-state index is 12.6. The van der Waals surface area contributed by atoms with Crippen LogP contribution in [0.4, 0.5) is 4.39 Å². The van der Waals surface area contributed by atoms with Crippen LogP contribution >= 0.6 is 0 Å². The quantitative estimate of drug-likeness (QED) is 0.480. The number of hydrogen-bond donors (Lipinski definition) is 1.